The third-order valence-electron chi connectivity index (χ3n) is 4.95. The van der Waals surface area contributed by atoms with Gasteiger partial charge in [0.05, 0.1) is 12.7 Å². The van der Waals surface area contributed by atoms with Crippen LogP contribution in [0.25, 0.3) is 0 Å². The molecular weight excluding hydrogens is 410 g/mol. The Labute approximate surface area is 182 Å². The van der Waals surface area contributed by atoms with E-state index in [4.69, 9.17) is 16.6 Å². The number of hydrogen-bond donors (Lipinski definition) is 8. The van der Waals surface area contributed by atoms with Crippen molar-refractivity contribution in [1.29, 1.82) is 0 Å². The standard InChI is InChI=1S/C19H37N5O7/c1-4-10(2)14(19(30)31)23-17(28)13(7-5-6-8-20)22-18(29)15(11(3)26)24-16(27)12(21)9-25/h10-15,25-26H,4-9,20-21H2,1-3H3,(H,22,29)(H,23,28)(H,24,27)(H,30,31). The number of aliphatic hydroxyl groups is 2. The van der Waals surface area contributed by atoms with Crippen molar-refractivity contribution in [3.63, 3.8) is 0 Å². The van der Waals surface area contributed by atoms with E-state index in [0.717, 1.165) is 0 Å². The first kappa shape index (κ1) is 28.7. The van der Waals surface area contributed by atoms with Crippen molar-refractivity contribution in [2.45, 2.75) is 76.7 Å². The molecule has 0 aromatic rings. The van der Waals surface area contributed by atoms with Crippen LogP contribution in [0.15, 0.2) is 0 Å². The monoisotopic (exact) mass is 447 g/mol. The summed E-state index contributed by atoms with van der Waals surface area (Å²) in [5.41, 5.74) is 10.9. The van der Waals surface area contributed by atoms with Crippen molar-refractivity contribution in [1.82, 2.24) is 16.0 Å². The molecule has 0 radical (unpaired) electrons. The van der Waals surface area contributed by atoms with Gasteiger partial charge in [-0.05, 0) is 38.6 Å². The SMILES string of the molecule is CCC(C)C(NC(=O)C(CCCCN)NC(=O)C(NC(=O)C(N)CO)C(C)O)C(=O)O. The van der Waals surface area contributed by atoms with Crippen molar-refractivity contribution >= 4 is 23.7 Å². The number of carboxylic acids is 1. The van der Waals surface area contributed by atoms with Crippen LogP contribution < -0.4 is 27.4 Å². The molecule has 12 nitrogen and oxygen atoms in total. The Balaban J connectivity index is 5.45. The number of hydrogen-bond acceptors (Lipinski definition) is 8. The molecule has 0 heterocycles. The summed E-state index contributed by atoms with van der Waals surface area (Å²) in [6.07, 6.45) is 0.433. The van der Waals surface area contributed by atoms with Gasteiger partial charge in [0, 0.05) is 0 Å². The molecule has 0 saturated carbocycles. The molecule has 0 aromatic carbocycles. The zero-order valence-corrected chi connectivity index (χ0v) is 18.3. The van der Waals surface area contributed by atoms with Crippen LogP contribution in [-0.2, 0) is 19.2 Å². The lowest BCUT2D eigenvalue weighted by atomic mass is 9.98. The van der Waals surface area contributed by atoms with E-state index in [2.05, 4.69) is 16.0 Å². The molecule has 6 atom stereocenters. The van der Waals surface area contributed by atoms with Gasteiger partial charge in [0.2, 0.25) is 17.7 Å². The number of aliphatic hydroxyl groups excluding tert-OH is 2. The average molecular weight is 448 g/mol. The molecule has 0 spiro atoms. The van der Waals surface area contributed by atoms with Crippen molar-refractivity contribution in [2.75, 3.05) is 13.2 Å². The fourth-order valence-corrected chi connectivity index (χ4v) is 2.71. The Morgan fingerprint density at radius 3 is 1.97 bits per heavy atom. The Hall–Kier alpha value is -2.28. The lowest BCUT2D eigenvalue weighted by Gasteiger charge is -2.27. The third-order valence-corrected chi connectivity index (χ3v) is 4.95. The Kier molecular flexibility index (Phi) is 13.6. The van der Waals surface area contributed by atoms with Crippen LogP contribution in [0.5, 0.6) is 0 Å². The number of rotatable bonds is 15. The van der Waals surface area contributed by atoms with Crippen LogP contribution in [0.3, 0.4) is 0 Å². The van der Waals surface area contributed by atoms with Gasteiger partial charge in [-0.15, -0.1) is 0 Å². The molecule has 0 aliphatic carbocycles. The van der Waals surface area contributed by atoms with Crippen molar-refractivity contribution in [3.05, 3.63) is 0 Å². The Morgan fingerprint density at radius 2 is 1.52 bits per heavy atom. The van der Waals surface area contributed by atoms with Gasteiger partial charge in [0.25, 0.3) is 0 Å². The molecule has 3 amide bonds. The fourth-order valence-electron chi connectivity index (χ4n) is 2.71. The summed E-state index contributed by atoms with van der Waals surface area (Å²) < 4.78 is 0. The molecule has 6 unspecified atom stereocenters. The fraction of sp³-hybridized carbons (Fsp3) is 0.789. The molecule has 10 N–H and O–H groups in total. The van der Waals surface area contributed by atoms with E-state index in [1.165, 1.54) is 6.92 Å². The predicted molar refractivity (Wildman–Crippen MR) is 113 cm³/mol. The normalized spacial score (nSPS) is 16.9. The van der Waals surface area contributed by atoms with Crippen LogP contribution in [0, 0.1) is 5.92 Å². The molecule has 0 aromatic heterocycles. The van der Waals surface area contributed by atoms with Crippen molar-refractivity contribution in [3.8, 4) is 0 Å². The number of nitrogens with one attached hydrogen (secondary N) is 3. The summed E-state index contributed by atoms with van der Waals surface area (Å²) >= 11 is 0. The van der Waals surface area contributed by atoms with E-state index in [-0.39, 0.29) is 12.3 Å². The maximum Gasteiger partial charge on any atom is 0.326 e. The van der Waals surface area contributed by atoms with E-state index in [1.54, 1.807) is 13.8 Å². The molecule has 12 heteroatoms. The molecule has 0 saturated heterocycles. The third kappa shape index (κ3) is 10.0. The van der Waals surface area contributed by atoms with Crippen molar-refractivity contribution < 1.29 is 34.5 Å². The van der Waals surface area contributed by atoms with Gasteiger partial charge in [-0.2, -0.15) is 0 Å². The zero-order valence-electron chi connectivity index (χ0n) is 18.3. The second-order valence-corrected chi connectivity index (χ2v) is 7.57. The van der Waals surface area contributed by atoms with Gasteiger partial charge in [0.15, 0.2) is 0 Å². The highest BCUT2D eigenvalue weighted by Gasteiger charge is 2.33. The second-order valence-electron chi connectivity index (χ2n) is 7.57. The van der Waals surface area contributed by atoms with Crippen LogP contribution in [0.1, 0.15) is 46.5 Å². The average Bonchev–Trinajstić information content (AvgIpc) is 2.72. The minimum atomic E-state index is -1.43. The zero-order chi connectivity index (χ0) is 24.1. The van der Waals surface area contributed by atoms with Gasteiger partial charge < -0.3 is 42.7 Å². The molecule has 0 aliphatic rings. The second kappa shape index (κ2) is 14.7. The van der Waals surface area contributed by atoms with Crippen LogP contribution in [-0.4, -0.2) is 82.4 Å². The molecule has 180 valence electrons. The summed E-state index contributed by atoms with van der Waals surface area (Å²) in [5, 5.41) is 35.4. The number of amides is 3. The first-order valence-corrected chi connectivity index (χ1v) is 10.4. The molecule has 0 rings (SSSR count). The van der Waals surface area contributed by atoms with Crippen molar-refractivity contribution in [2.24, 2.45) is 17.4 Å². The van der Waals surface area contributed by atoms with E-state index in [1.807, 2.05) is 0 Å². The maximum absolute atomic E-state index is 12.8. The Morgan fingerprint density at radius 1 is 0.935 bits per heavy atom. The number of nitrogens with two attached hydrogens (primary N) is 2. The molecule has 31 heavy (non-hydrogen) atoms. The maximum atomic E-state index is 12.8. The van der Waals surface area contributed by atoms with E-state index < -0.39 is 60.6 Å². The van der Waals surface area contributed by atoms with Gasteiger partial charge in [-0.25, -0.2) is 4.79 Å². The molecule has 0 bridgehead atoms. The predicted octanol–water partition coefficient (Wildman–Crippen LogP) is -2.60. The number of carbonyl (C=O) groups excluding carboxylic acids is 3. The summed E-state index contributed by atoms with van der Waals surface area (Å²) in [4.78, 5) is 48.9. The van der Waals surface area contributed by atoms with Crippen LogP contribution >= 0.6 is 0 Å². The molecular formula is C19H37N5O7. The quantitative estimate of drug-likeness (QED) is 0.123. The summed E-state index contributed by atoms with van der Waals surface area (Å²) in [6, 6.07) is -4.96. The summed E-state index contributed by atoms with van der Waals surface area (Å²) in [7, 11) is 0. The first-order valence-electron chi connectivity index (χ1n) is 10.4. The van der Waals surface area contributed by atoms with Gasteiger partial charge in [-0.1, -0.05) is 20.3 Å². The molecule has 0 aliphatic heterocycles. The first-order chi connectivity index (χ1) is 14.5. The minimum absolute atomic E-state index is 0.179. The van der Waals surface area contributed by atoms with Crippen LogP contribution in [0.4, 0.5) is 0 Å². The van der Waals surface area contributed by atoms with Gasteiger partial charge in [0.1, 0.15) is 24.2 Å². The highest BCUT2D eigenvalue weighted by molar-refractivity contribution is 5.94. The number of aliphatic carboxylic acids is 1. The van der Waals surface area contributed by atoms with Gasteiger partial charge in [-0.3, -0.25) is 14.4 Å². The van der Waals surface area contributed by atoms with E-state index in [9.17, 15) is 29.4 Å². The van der Waals surface area contributed by atoms with Crippen LogP contribution in [0.2, 0.25) is 0 Å². The Bertz CT molecular complexity index is 602. The topological polar surface area (TPSA) is 217 Å². The molecule has 0 fully saturated rings. The number of carbonyl (C=O) groups is 4. The summed E-state index contributed by atoms with van der Waals surface area (Å²) in [5.74, 6) is -3.93. The van der Waals surface area contributed by atoms with E-state index >= 15 is 0 Å². The highest BCUT2D eigenvalue weighted by Crippen LogP contribution is 2.10. The summed E-state index contributed by atoms with van der Waals surface area (Å²) in [6.45, 7) is 4.46. The largest absolute Gasteiger partial charge is 0.480 e. The number of unbranched alkanes of at least 4 members (excludes halogenated alkanes) is 1. The number of carboxylic acid groups (broad SMARTS) is 1. The highest BCUT2D eigenvalue weighted by atomic mass is 16.4. The minimum Gasteiger partial charge on any atom is -0.480 e. The lowest BCUT2D eigenvalue weighted by Crippen LogP contribution is -2.60. The van der Waals surface area contributed by atoms with Gasteiger partial charge >= 0.3 is 5.97 Å². The lowest BCUT2D eigenvalue weighted by molar-refractivity contribution is -0.144. The smallest absolute Gasteiger partial charge is 0.326 e. The van der Waals surface area contributed by atoms with E-state index in [0.29, 0.717) is 25.8 Å².